The highest BCUT2D eigenvalue weighted by Crippen LogP contribution is 2.37. The van der Waals surface area contributed by atoms with Crippen LogP contribution in [-0.4, -0.2) is 25.8 Å². The second-order valence-corrected chi connectivity index (χ2v) is 6.83. The van der Waals surface area contributed by atoms with Crippen LogP contribution in [-0.2, 0) is 4.74 Å². The molecule has 0 unspecified atom stereocenters. The summed E-state index contributed by atoms with van der Waals surface area (Å²) < 4.78 is 5.58. The minimum Gasteiger partial charge on any atom is -0.380 e. The summed E-state index contributed by atoms with van der Waals surface area (Å²) in [5, 5.41) is 3.65. The zero-order valence-electron chi connectivity index (χ0n) is 12.9. The highest BCUT2D eigenvalue weighted by molar-refractivity contribution is 4.83. The summed E-state index contributed by atoms with van der Waals surface area (Å²) >= 11 is 0. The Morgan fingerprint density at radius 2 is 1.72 bits per heavy atom. The minimum absolute atomic E-state index is 0.494. The van der Waals surface area contributed by atoms with Crippen molar-refractivity contribution in [1.82, 2.24) is 5.32 Å². The average Bonchev–Trinajstić information content (AvgIpc) is 2.33. The molecule has 1 fully saturated rings. The van der Waals surface area contributed by atoms with Gasteiger partial charge in [0.2, 0.25) is 0 Å². The normalized spacial score (nSPS) is 25.3. The molecule has 1 saturated carbocycles. The monoisotopic (exact) mass is 255 g/mol. The fraction of sp³-hybridized carbons (Fsp3) is 1.00. The minimum atomic E-state index is 0.494. The molecule has 1 aliphatic rings. The summed E-state index contributed by atoms with van der Waals surface area (Å²) in [7, 11) is 0. The van der Waals surface area contributed by atoms with Gasteiger partial charge >= 0.3 is 0 Å². The maximum absolute atomic E-state index is 5.58. The van der Waals surface area contributed by atoms with E-state index < -0.39 is 0 Å². The molecule has 0 heterocycles. The van der Waals surface area contributed by atoms with Crippen molar-refractivity contribution >= 4 is 0 Å². The van der Waals surface area contributed by atoms with Gasteiger partial charge in [-0.25, -0.2) is 0 Å². The molecule has 108 valence electrons. The molecule has 18 heavy (non-hydrogen) atoms. The molecule has 1 rings (SSSR count). The van der Waals surface area contributed by atoms with Gasteiger partial charge in [-0.1, -0.05) is 34.1 Å². The fourth-order valence-electron chi connectivity index (χ4n) is 2.85. The number of unbranched alkanes of at least 4 members (excludes halogenated alkanes) is 1. The summed E-state index contributed by atoms with van der Waals surface area (Å²) in [5.41, 5.74) is 0.494. The van der Waals surface area contributed by atoms with Gasteiger partial charge in [0.25, 0.3) is 0 Å². The van der Waals surface area contributed by atoms with Crippen molar-refractivity contribution in [3.8, 4) is 0 Å². The van der Waals surface area contributed by atoms with Gasteiger partial charge in [-0.05, 0) is 43.4 Å². The van der Waals surface area contributed by atoms with E-state index in [9.17, 15) is 0 Å². The van der Waals surface area contributed by atoms with E-state index in [2.05, 4.69) is 33.0 Å². The van der Waals surface area contributed by atoms with Crippen LogP contribution in [0.4, 0.5) is 0 Å². The Kier molecular flexibility index (Phi) is 7.25. The van der Waals surface area contributed by atoms with E-state index in [4.69, 9.17) is 4.74 Å². The average molecular weight is 255 g/mol. The van der Waals surface area contributed by atoms with Crippen LogP contribution in [0.25, 0.3) is 0 Å². The van der Waals surface area contributed by atoms with Crippen molar-refractivity contribution in [2.45, 2.75) is 72.3 Å². The molecule has 0 saturated heterocycles. The first-order valence-electron chi connectivity index (χ1n) is 7.85. The first kappa shape index (κ1) is 16.0. The van der Waals surface area contributed by atoms with E-state index in [1.54, 1.807) is 0 Å². The molecule has 0 aromatic rings. The molecule has 1 aliphatic carbocycles. The molecule has 0 radical (unpaired) electrons. The third kappa shape index (κ3) is 6.19. The quantitative estimate of drug-likeness (QED) is 0.694. The number of nitrogens with one attached hydrogen (secondary N) is 1. The Hall–Kier alpha value is -0.0800. The van der Waals surface area contributed by atoms with E-state index >= 15 is 0 Å². The van der Waals surface area contributed by atoms with Crippen molar-refractivity contribution in [2.24, 2.45) is 11.3 Å². The molecule has 0 spiro atoms. The van der Waals surface area contributed by atoms with Crippen LogP contribution in [0.2, 0.25) is 0 Å². The topological polar surface area (TPSA) is 21.3 Å². The molecule has 0 aromatic heterocycles. The van der Waals surface area contributed by atoms with Gasteiger partial charge < -0.3 is 10.1 Å². The van der Waals surface area contributed by atoms with Crippen LogP contribution in [0.15, 0.2) is 0 Å². The lowest BCUT2D eigenvalue weighted by Gasteiger charge is -2.37. The predicted molar refractivity (Wildman–Crippen MR) is 78.9 cm³/mol. The van der Waals surface area contributed by atoms with Crippen LogP contribution in [0.1, 0.15) is 66.2 Å². The molecule has 0 aliphatic heterocycles. The molecule has 0 bridgehead atoms. The second kappa shape index (κ2) is 8.16. The predicted octanol–water partition coefficient (Wildman–Crippen LogP) is 4.00. The van der Waals surface area contributed by atoms with Crippen molar-refractivity contribution in [1.29, 1.82) is 0 Å². The Morgan fingerprint density at radius 1 is 1.06 bits per heavy atom. The van der Waals surface area contributed by atoms with Gasteiger partial charge in [0.15, 0.2) is 0 Å². The Bertz CT molecular complexity index is 202. The third-order valence-electron chi connectivity index (χ3n) is 4.27. The standard InChI is InChI=1S/C16H33NO/c1-5-6-12-18-13-11-17-15-9-7-14(8-10-15)16(2,3)4/h14-15,17H,5-13H2,1-4H3. The van der Waals surface area contributed by atoms with Gasteiger partial charge in [-0.2, -0.15) is 0 Å². The number of hydrogen-bond acceptors (Lipinski definition) is 2. The maximum Gasteiger partial charge on any atom is 0.0590 e. The molecular formula is C16H33NO. The largest absolute Gasteiger partial charge is 0.380 e. The second-order valence-electron chi connectivity index (χ2n) is 6.83. The highest BCUT2D eigenvalue weighted by Gasteiger charge is 2.29. The summed E-state index contributed by atoms with van der Waals surface area (Å²) in [6.45, 7) is 12.2. The van der Waals surface area contributed by atoms with Crippen LogP contribution in [0.5, 0.6) is 0 Å². The van der Waals surface area contributed by atoms with E-state index in [1.807, 2.05) is 0 Å². The molecule has 0 atom stereocenters. The van der Waals surface area contributed by atoms with Crippen molar-refractivity contribution in [2.75, 3.05) is 19.8 Å². The summed E-state index contributed by atoms with van der Waals surface area (Å²) in [4.78, 5) is 0. The SMILES string of the molecule is CCCCOCCNC1CCC(C(C)(C)C)CC1. The number of rotatable bonds is 7. The molecule has 0 amide bonds. The molecule has 0 aromatic carbocycles. The zero-order chi connectivity index (χ0) is 13.4. The molecule has 2 nitrogen and oxygen atoms in total. The fourth-order valence-corrected chi connectivity index (χ4v) is 2.85. The Morgan fingerprint density at radius 3 is 2.28 bits per heavy atom. The van der Waals surface area contributed by atoms with Crippen LogP contribution in [0.3, 0.4) is 0 Å². The maximum atomic E-state index is 5.58. The van der Waals surface area contributed by atoms with Gasteiger partial charge in [0.05, 0.1) is 6.61 Å². The van der Waals surface area contributed by atoms with Crippen LogP contribution < -0.4 is 5.32 Å². The number of hydrogen-bond donors (Lipinski definition) is 1. The zero-order valence-corrected chi connectivity index (χ0v) is 12.9. The lowest BCUT2D eigenvalue weighted by molar-refractivity contribution is 0.122. The van der Waals surface area contributed by atoms with E-state index in [0.29, 0.717) is 5.41 Å². The van der Waals surface area contributed by atoms with E-state index in [0.717, 1.165) is 31.7 Å². The van der Waals surface area contributed by atoms with E-state index in [-0.39, 0.29) is 0 Å². The molecular weight excluding hydrogens is 222 g/mol. The van der Waals surface area contributed by atoms with Crippen molar-refractivity contribution in [3.63, 3.8) is 0 Å². The van der Waals surface area contributed by atoms with E-state index in [1.165, 1.54) is 38.5 Å². The smallest absolute Gasteiger partial charge is 0.0590 e. The van der Waals surface area contributed by atoms with Crippen molar-refractivity contribution in [3.05, 3.63) is 0 Å². The van der Waals surface area contributed by atoms with Gasteiger partial charge in [0, 0.05) is 19.2 Å². The Labute approximate surface area is 114 Å². The lowest BCUT2D eigenvalue weighted by atomic mass is 9.71. The van der Waals surface area contributed by atoms with Gasteiger partial charge in [0.1, 0.15) is 0 Å². The Balaban J connectivity index is 2.02. The van der Waals surface area contributed by atoms with Gasteiger partial charge in [-0.3, -0.25) is 0 Å². The summed E-state index contributed by atoms with van der Waals surface area (Å²) in [6, 6.07) is 0.735. The number of ether oxygens (including phenoxy) is 1. The van der Waals surface area contributed by atoms with Crippen molar-refractivity contribution < 1.29 is 4.74 Å². The first-order valence-corrected chi connectivity index (χ1v) is 7.85. The third-order valence-corrected chi connectivity index (χ3v) is 4.27. The lowest BCUT2D eigenvalue weighted by Crippen LogP contribution is -2.37. The van der Waals surface area contributed by atoms with Crippen LogP contribution >= 0.6 is 0 Å². The summed E-state index contributed by atoms with van der Waals surface area (Å²) in [6.07, 6.45) is 7.88. The molecule has 1 N–H and O–H groups in total. The highest BCUT2D eigenvalue weighted by atomic mass is 16.5. The van der Waals surface area contributed by atoms with Crippen LogP contribution in [0, 0.1) is 11.3 Å². The van der Waals surface area contributed by atoms with Gasteiger partial charge in [-0.15, -0.1) is 0 Å². The first-order chi connectivity index (χ1) is 8.54. The summed E-state index contributed by atoms with van der Waals surface area (Å²) in [5.74, 6) is 0.913. The molecule has 2 heteroatoms.